The molecule has 0 radical (unpaired) electrons. The van der Waals surface area contributed by atoms with Crippen molar-refractivity contribution in [2.24, 2.45) is 0 Å². The number of terminal acetylenes is 1. The summed E-state index contributed by atoms with van der Waals surface area (Å²) in [5.74, 6) is 1.53. The molecule has 1 N–H and O–H groups in total. The molecule has 0 spiro atoms. The molecule has 0 aliphatic rings. The second kappa shape index (κ2) is 8.17. The molecule has 0 bridgehead atoms. The van der Waals surface area contributed by atoms with E-state index < -0.39 is 22.1 Å². The molecule has 0 saturated carbocycles. The number of hydrogen-bond donors (Lipinski definition) is 1. The number of halogens is 1. The molecule has 25 heavy (non-hydrogen) atoms. The average Bonchev–Trinajstić information content (AvgIpc) is 2.60. The van der Waals surface area contributed by atoms with Gasteiger partial charge in [0.1, 0.15) is 6.10 Å². The molecule has 0 fully saturated rings. The van der Waals surface area contributed by atoms with Gasteiger partial charge >= 0.3 is 5.97 Å². The van der Waals surface area contributed by atoms with Gasteiger partial charge in [0.2, 0.25) is 10.0 Å². The van der Waals surface area contributed by atoms with Crippen LogP contribution in [0, 0.1) is 12.3 Å². The molecule has 0 saturated heterocycles. The van der Waals surface area contributed by atoms with E-state index in [1.54, 1.807) is 31.2 Å². The van der Waals surface area contributed by atoms with E-state index in [9.17, 15) is 13.2 Å². The largest absolute Gasteiger partial charge is 0.454 e. The van der Waals surface area contributed by atoms with Crippen molar-refractivity contribution in [2.75, 3.05) is 6.54 Å². The average molecular weight is 378 g/mol. The molecule has 1 atom stereocenters. The Morgan fingerprint density at radius 2 is 2.00 bits per heavy atom. The summed E-state index contributed by atoms with van der Waals surface area (Å²) in [6, 6.07) is 12.6. The molecule has 2 aromatic rings. The third-order valence-corrected chi connectivity index (χ3v) is 5.11. The first-order valence-electron chi connectivity index (χ1n) is 7.34. The predicted octanol–water partition coefficient (Wildman–Crippen LogP) is 3.17. The van der Waals surface area contributed by atoms with Crippen molar-refractivity contribution in [1.29, 1.82) is 0 Å². The Hall–Kier alpha value is -2.33. The minimum absolute atomic E-state index is 0.0670. The Morgan fingerprint density at radius 3 is 2.68 bits per heavy atom. The predicted molar refractivity (Wildman–Crippen MR) is 95.7 cm³/mol. The highest BCUT2D eigenvalue weighted by molar-refractivity contribution is 7.89. The Bertz CT molecular complexity index is 919. The van der Waals surface area contributed by atoms with Gasteiger partial charge in [-0.1, -0.05) is 41.8 Å². The zero-order valence-electron chi connectivity index (χ0n) is 13.4. The molecule has 0 heterocycles. The van der Waals surface area contributed by atoms with Gasteiger partial charge in [0.05, 0.1) is 17.0 Å². The van der Waals surface area contributed by atoms with E-state index in [4.69, 9.17) is 22.8 Å². The quantitative estimate of drug-likeness (QED) is 0.620. The molecule has 0 amide bonds. The van der Waals surface area contributed by atoms with E-state index >= 15 is 0 Å². The van der Waals surface area contributed by atoms with Crippen molar-refractivity contribution in [2.45, 2.75) is 17.9 Å². The summed E-state index contributed by atoms with van der Waals surface area (Å²) in [5, 5.41) is 0.484. The zero-order chi connectivity index (χ0) is 18.4. The molecule has 2 aromatic carbocycles. The SMILES string of the molecule is C#CCNS(=O)(=O)c1cccc(C(=O)O[C@H](C)c2ccccc2Cl)c1. The minimum Gasteiger partial charge on any atom is -0.454 e. The number of ether oxygens (including phenoxy) is 1. The second-order valence-corrected chi connectivity index (χ2v) is 7.30. The van der Waals surface area contributed by atoms with Crippen LogP contribution in [0.4, 0.5) is 0 Å². The first-order chi connectivity index (χ1) is 11.8. The summed E-state index contributed by atoms with van der Waals surface area (Å²) >= 11 is 6.09. The molecule has 130 valence electrons. The lowest BCUT2D eigenvalue weighted by Gasteiger charge is -2.15. The van der Waals surface area contributed by atoms with Gasteiger partial charge < -0.3 is 4.74 Å². The lowest BCUT2D eigenvalue weighted by atomic mass is 10.1. The topological polar surface area (TPSA) is 72.5 Å². The fourth-order valence-electron chi connectivity index (χ4n) is 2.11. The van der Waals surface area contributed by atoms with Gasteiger partial charge in [-0.25, -0.2) is 13.2 Å². The van der Waals surface area contributed by atoms with Crippen LogP contribution in [-0.4, -0.2) is 20.9 Å². The Kier molecular flexibility index (Phi) is 6.21. The highest BCUT2D eigenvalue weighted by atomic mass is 35.5. The number of carbonyl (C=O) groups is 1. The minimum atomic E-state index is -3.79. The number of sulfonamides is 1. The van der Waals surface area contributed by atoms with Gasteiger partial charge in [0, 0.05) is 10.6 Å². The summed E-state index contributed by atoms with van der Waals surface area (Å²) in [5.41, 5.74) is 0.777. The lowest BCUT2D eigenvalue weighted by molar-refractivity contribution is 0.0338. The van der Waals surface area contributed by atoms with E-state index in [1.165, 1.54) is 24.3 Å². The van der Waals surface area contributed by atoms with Crippen LogP contribution in [0.2, 0.25) is 5.02 Å². The second-order valence-electron chi connectivity index (χ2n) is 5.13. The monoisotopic (exact) mass is 377 g/mol. The molecule has 0 aliphatic carbocycles. The smallest absolute Gasteiger partial charge is 0.338 e. The van der Waals surface area contributed by atoms with Crippen molar-refractivity contribution in [3.05, 3.63) is 64.7 Å². The molecule has 5 nitrogen and oxygen atoms in total. The summed E-state index contributed by atoms with van der Waals surface area (Å²) in [6.45, 7) is 1.55. The maximum Gasteiger partial charge on any atom is 0.338 e. The fourth-order valence-corrected chi connectivity index (χ4v) is 3.38. The molecule has 2 rings (SSSR count). The third-order valence-electron chi connectivity index (χ3n) is 3.37. The van der Waals surface area contributed by atoms with E-state index in [1.807, 2.05) is 0 Å². The van der Waals surface area contributed by atoms with Crippen LogP contribution in [0.5, 0.6) is 0 Å². The van der Waals surface area contributed by atoms with Gasteiger partial charge in [-0.15, -0.1) is 6.42 Å². The zero-order valence-corrected chi connectivity index (χ0v) is 15.0. The van der Waals surface area contributed by atoms with Gasteiger partial charge in [-0.05, 0) is 31.2 Å². The highest BCUT2D eigenvalue weighted by Gasteiger charge is 2.19. The normalized spacial score (nSPS) is 12.2. The van der Waals surface area contributed by atoms with Crippen LogP contribution in [0.1, 0.15) is 28.9 Å². The number of benzene rings is 2. The number of rotatable bonds is 6. The van der Waals surface area contributed by atoms with Gasteiger partial charge in [-0.2, -0.15) is 4.72 Å². The Labute approximate surface area is 152 Å². The summed E-state index contributed by atoms with van der Waals surface area (Å²) < 4.78 is 31.8. The number of nitrogens with one attached hydrogen (secondary N) is 1. The van der Waals surface area contributed by atoms with Gasteiger partial charge in [0.15, 0.2) is 0 Å². The number of esters is 1. The van der Waals surface area contributed by atoms with Crippen molar-refractivity contribution in [3.63, 3.8) is 0 Å². The molecule has 0 aliphatic heterocycles. The molecular formula is C18H16ClNO4S. The van der Waals surface area contributed by atoms with Crippen molar-refractivity contribution >= 4 is 27.6 Å². The van der Waals surface area contributed by atoms with Gasteiger partial charge in [0.25, 0.3) is 0 Å². The van der Waals surface area contributed by atoms with E-state index in [-0.39, 0.29) is 17.0 Å². The van der Waals surface area contributed by atoms with Crippen LogP contribution < -0.4 is 4.72 Å². The lowest BCUT2D eigenvalue weighted by Crippen LogP contribution is -2.24. The molecule has 0 unspecified atom stereocenters. The van der Waals surface area contributed by atoms with Crippen molar-refractivity contribution in [3.8, 4) is 12.3 Å². The van der Waals surface area contributed by atoms with E-state index in [0.717, 1.165) is 0 Å². The fraction of sp³-hybridized carbons (Fsp3) is 0.167. The number of carbonyl (C=O) groups excluding carboxylic acids is 1. The van der Waals surface area contributed by atoms with E-state index in [2.05, 4.69) is 10.6 Å². The van der Waals surface area contributed by atoms with E-state index in [0.29, 0.717) is 10.6 Å². The van der Waals surface area contributed by atoms with Gasteiger partial charge in [-0.3, -0.25) is 0 Å². The third kappa shape index (κ3) is 4.83. The summed E-state index contributed by atoms with van der Waals surface area (Å²) in [6.07, 6.45) is 4.47. The first kappa shape index (κ1) is 19.0. The van der Waals surface area contributed by atoms with Crippen LogP contribution in [0.25, 0.3) is 0 Å². The van der Waals surface area contributed by atoms with Crippen LogP contribution in [0.15, 0.2) is 53.4 Å². The molecule has 0 aromatic heterocycles. The van der Waals surface area contributed by atoms with Crippen LogP contribution >= 0.6 is 11.6 Å². The highest BCUT2D eigenvalue weighted by Crippen LogP contribution is 2.26. The van der Waals surface area contributed by atoms with Crippen molar-refractivity contribution < 1.29 is 17.9 Å². The van der Waals surface area contributed by atoms with Crippen LogP contribution in [0.3, 0.4) is 0 Å². The Balaban J connectivity index is 2.19. The maximum absolute atomic E-state index is 12.3. The molecule has 7 heteroatoms. The maximum atomic E-state index is 12.3. The first-order valence-corrected chi connectivity index (χ1v) is 9.20. The summed E-state index contributed by atoms with van der Waals surface area (Å²) in [4.78, 5) is 12.3. The number of hydrogen-bond acceptors (Lipinski definition) is 4. The summed E-state index contributed by atoms with van der Waals surface area (Å²) in [7, 11) is -3.79. The molecular weight excluding hydrogens is 362 g/mol. The van der Waals surface area contributed by atoms with Crippen molar-refractivity contribution in [1.82, 2.24) is 4.72 Å². The van der Waals surface area contributed by atoms with Crippen LogP contribution in [-0.2, 0) is 14.8 Å². The standard InChI is InChI=1S/C18H16ClNO4S/c1-3-11-20-25(22,23)15-8-6-7-14(12-15)18(21)24-13(2)16-9-4-5-10-17(16)19/h1,4-10,12-13,20H,11H2,2H3/t13-/m1/s1. The Morgan fingerprint density at radius 1 is 1.28 bits per heavy atom.